The number of aromatic nitrogens is 3. The molecule has 0 aliphatic heterocycles. The van der Waals surface area contributed by atoms with E-state index in [1.54, 1.807) is 24.3 Å². The molecule has 2 rings (SSSR count). The van der Waals surface area contributed by atoms with Crippen LogP contribution in [-0.4, -0.2) is 26.4 Å². The van der Waals surface area contributed by atoms with E-state index in [2.05, 4.69) is 15.2 Å². The summed E-state index contributed by atoms with van der Waals surface area (Å²) in [6.45, 7) is 5.85. The first-order valence-corrected chi connectivity index (χ1v) is 7.25. The Balaban J connectivity index is 2.52. The molecule has 2 aromatic rings. The van der Waals surface area contributed by atoms with E-state index in [4.69, 9.17) is 23.2 Å². The third kappa shape index (κ3) is 3.84. The van der Waals surface area contributed by atoms with E-state index in [1.807, 2.05) is 20.8 Å². The van der Waals surface area contributed by atoms with E-state index in [1.165, 1.54) is 6.33 Å². The van der Waals surface area contributed by atoms with Crippen LogP contribution in [0.2, 0.25) is 10.0 Å². The van der Waals surface area contributed by atoms with Gasteiger partial charge in [0, 0.05) is 15.6 Å². The molecule has 1 aromatic heterocycles. The lowest BCUT2D eigenvalue weighted by molar-refractivity contribution is 0.114. The van der Waals surface area contributed by atoms with Crippen LogP contribution in [0.25, 0.3) is 11.6 Å². The predicted molar refractivity (Wildman–Crippen MR) is 86.2 cm³/mol. The number of halogens is 2. The summed E-state index contributed by atoms with van der Waals surface area (Å²) in [6, 6.07) is 5.22. The van der Waals surface area contributed by atoms with Gasteiger partial charge < -0.3 is 5.11 Å². The number of H-pyrrole nitrogens is 1. The van der Waals surface area contributed by atoms with Crippen LogP contribution in [0.3, 0.4) is 0 Å². The molecule has 0 radical (unpaired) electrons. The Bertz CT molecular complexity index is 645. The second-order valence-corrected chi connectivity index (χ2v) is 6.71. The molecule has 1 aromatic carbocycles. The largest absolute Gasteiger partial charge is 0.388 e. The SMILES string of the molecule is CC(C)(C)C(O)C(=Cc1ccc(Cl)cc1Cl)c1ncn[nH]1. The van der Waals surface area contributed by atoms with Crippen LogP contribution in [0.5, 0.6) is 0 Å². The van der Waals surface area contributed by atoms with Gasteiger partial charge in [-0.1, -0.05) is 50.0 Å². The van der Waals surface area contributed by atoms with Gasteiger partial charge in [-0.2, -0.15) is 5.10 Å². The van der Waals surface area contributed by atoms with Gasteiger partial charge in [-0.05, 0) is 29.2 Å². The van der Waals surface area contributed by atoms with Gasteiger partial charge in [-0.25, -0.2) is 4.98 Å². The smallest absolute Gasteiger partial charge is 0.154 e. The summed E-state index contributed by atoms with van der Waals surface area (Å²) in [5, 5.41) is 18.3. The number of aliphatic hydroxyl groups excluding tert-OH is 1. The van der Waals surface area contributed by atoms with Gasteiger partial charge in [0.05, 0.1) is 6.10 Å². The van der Waals surface area contributed by atoms with Gasteiger partial charge >= 0.3 is 0 Å². The van der Waals surface area contributed by atoms with Gasteiger partial charge in [0.2, 0.25) is 0 Å². The number of aliphatic hydroxyl groups is 1. The summed E-state index contributed by atoms with van der Waals surface area (Å²) < 4.78 is 0. The highest BCUT2D eigenvalue weighted by Crippen LogP contribution is 2.32. The number of nitrogens with one attached hydrogen (secondary N) is 1. The Morgan fingerprint density at radius 1 is 1.33 bits per heavy atom. The number of benzene rings is 1. The fourth-order valence-electron chi connectivity index (χ4n) is 1.87. The Hall–Kier alpha value is -1.36. The molecule has 0 saturated heterocycles. The Morgan fingerprint density at radius 3 is 2.57 bits per heavy atom. The Kier molecular flexibility index (Phi) is 4.71. The molecule has 1 unspecified atom stereocenters. The number of nitrogens with zero attached hydrogens (tertiary/aromatic N) is 2. The van der Waals surface area contributed by atoms with Gasteiger partial charge in [0.15, 0.2) is 5.82 Å². The normalized spacial score (nSPS) is 14.3. The summed E-state index contributed by atoms with van der Waals surface area (Å²) in [6.07, 6.45) is 2.48. The van der Waals surface area contributed by atoms with E-state index >= 15 is 0 Å². The minimum absolute atomic E-state index is 0.350. The zero-order chi connectivity index (χ0) is 15.6. The topological polar surface area (TPSA) is 61.8 Å². The summed E-state index contributed by atoms with van der Waals surface area (Å²) >= 11 is 12.1. The van der Waals surface area contributed by atoms with Crippen molar-refractivity contribution in [2.24, 2.45) is 5.41 Å². The van der Waals surface area contributed by atoms with Gasteiger partial charge in [0.25, 0.3) is 0 Å². The van der Waals surface area contributed by atoms with Crippen molar-refractivity contribution in [1.29, 1.82) is 0 Å². The lowest BCUT2D eigenvalue weighted by Crippen LogP contribution is -2.27. The summed E-state index contributed by atoms with van der Waals surface area (Å²) in [4.78, 5) is 4.13. The maximum Gasteiger partial charge on any atom is 0.154 e. The highest BCUT2D eigenvalue weighted by Gasteiger charge is 2.28. The van der Waals surface area contributed by atoms with Crippen LogP contribution in [0.15, 0.2) is 24.5 Å². The predicted octanol–water partition coefficient (Wildman–Crippen LogP) is 4.06. The maximum atomic E-state index is 10.6. The van der Waals surface area contributed by atoms with Crippen molar-refractivity contribution in [3.05, 3.63) is 46.0 Å². The highest BCUT2D eigenvalue weighted by atomic mass is 35.5. The van der Waals surface area contributed by atoms with Crippen molar-refractivity contribution in [3.8, 4) is 0 Å². The quantitative estimate of drug-likeness (QED) is 0.894. The summed E-state index contributed by atoms with van der Waals surface area (Å²) in [5.41, 5.74) is 1.04. The molecular weight excluding hydrogens is 309 g/mol. The standard InChI is InChI=1S/C15H17Cl2N3O/c1-15(2,3)13(21)11(14-18-8-19-20-14)6-9-4-5-10(16)7-12(9)17/h4-8,13,21H,1-3H3,(H,18,19,20). The summed E-state index contributed by atoms with van der Waals surface area (Å²) in [7, 11) is 0. The van der Waals surface area contributed by atoms with Crippen molar-refractivity contribution in [3.63, 3.8) is 0 Å². The average Bonchev–Trinajstić information content (AvgIpc) is 2.90. The average molecular weight is 326 g/mol. The van der Waals surface area contributed by atoms with E-state index in [0.717, 1.165) is 5.56 Å². The second-order valence-electron chi connectivity index (χ2n) is 5.87. The molecule has 4 nitrogen and oxygen atoms in total. The van der Waals surface area contributed by atoms with Gasteiger partial charge in [-0.3, -0.25) is 5.10 Å². The molecule has 112 valence electrons. The van der Waals surface area contributed by atoms with E-state index in [0.29, 0.717) is 21.4 Å². The lowest BCUT2D eigenvalue weighted by atomic mass is 9.83. The molecular formula is C15H17Cl2N3O. The number of rotatable bonds is 3. The zero-order valence-electron chi connectivity index (χ0n) is 12.1. The second kappa shape index (κ2) is 6.18. The molecule has 0 saturated carbocycles. The van der Waals surface area contributed by atoms with Crippen LogP contribution < -0.4 is 0 Å². The Labute approximate surface area is 133 Å². The molecule has 2 N–H and O–H groups in total. The first-order valence-electron chi connectivity index (χ1n) is 6.49. The van der Waals surface area contributed by atoms with Crippen LogP contribution in [0.1, 0.15) is 32.2 Å². The molecule has 21 heavy (non-hydrogen) atoms. The molecule has 0 bridgehead atoms. The maximum absolute atomic E-state index is 10.6. The summed E-state index contributed by atoms with van der Waals surface area (Å²) in [5.74, 6) is 0.517. The van der Waals surface area contributed by atoms with Crippen LogP contribution in [0, 0.1) is 5.41 Å². The molecule has 1 atom stereocenters. The molecule has 0 fully saturated rings. The first kappa shape index (κ1) is 16.0. The van der Waals surface area contributed by atoms with Crippen molar-refractivity contribution in [1.82, 2.24) is 15.2 Å². The van der Waals surface area contributed by atoms with E-state index in [-0.39, 0.29) is 5.41 Å². The van der Waals surface area contributed by atoms with Crippen LogP contribution >= 0.6 is 23.2 Å². The lowest BCUT2D eigenvalue weighted by Gasteiger charge is -2.27. The Morgan fingerprint density at radius 2 is 2.05 bits per heavy atom. The van der Waals surface area contributed by atoms with Crippen molar-refractivity contribution in [2.75, 3.05) is 0 Å². The molecule has 1 heterocycles. The third-order valence-corrected chi connectivity index (χ3v) is 3.64. The minimum Gasteiger partial charge on any atom is -0.388 e. The minimum atomic E-state index is -0.725. The van der Waals surface area contributed by atoms with Crippen molar-refractivity contribution < 1.29 is 5.11 Å². The fourth-order valence-corrected chi connectivity index (χ4v) is 2.34. The van der Waals surface area contributed by atoms with Crippen molar-refractivity contribution in [2.45, 2.75) is 26.9 Å². The third-order valence-electron chi connectivity index (χ3n) is 3.08. The number of hydrogen-bond acceptors (Lipinski definition) is 3. The van der Waals surface area contributed by atoms with E-state index in [9.17, 15) is 5.11 Å². The number of hydrogen-bond donors (Lipinski definition) is 2. The highest BCUT2D eigenvalue weighted by molar-refractivity contribution is 6.35. The van der Waals surface area contributed by atoms with Crippen molar-refractivity contribution >= 4 is 34.9 Å². The van der Waals surface area contributed by atoms with Crippen LogP contribution in [0.4, 0.5) is 0 Å². The monoisotopic (exact) mass is 325 g/mol. The van der Waals surface area contributed by atoms with Crippen LogP contribution in [-0.2, 0) is 0 Å². The molecule has 0 aliphatic rings. The van der Waals surface area contributed by atoms with E-state index < -0.39 is 6.10 Å². The van der Waals surface area contributed by atoms with Gasteiger partial charge in [-0.15, -0.1) is 0 Å². The first-order chi connectivity index (χ1) is 9.79. The molecule has 0 aliphatic carbocycles. The van der Waals surface area contributed by atoms with Gasteiger partial charge in [0.1, 0.15) is 6.33 Å². The number of aromatic amines is 1. The zero-order valence-corrected chi connectivity index (χ0v) is 13.6. The fraction of sp³-hybridized carbons (Fsp3) is 0.333. The molecule has 0 amide bonds. The molecule has 0 spiro atoms. The molecule has 6 heteroatoms.